The van der Waals surface area contributed by atoms with Gasteiger partial charge in [-0.1, -0.05) is 6.07 Å². The molecule has 0 radical (unpaired) electrons. The molecule has 130 valence electrons. The zero-order chi connectivity index (χ0) is 17.7. The van der Waals surface area contributed by atoms with Gasteiger partial charge in [-0.15, -0.1) is 0 Å². The molecular weight excluding hydrogens is 331 g/mol. The fraction of sp³-hybridized carbons (Fsp3) is 0.357. The summed E-state index contributed by atoms with van der Waals surface area (Å²) < 4.78 is 42.4. The quantitative estimate of drug-likeness (QED) is 0.784. The van der Waals surface area contributed by atoms with Crippen LogP contribution in [0.5, 0.6) is 0 Å². The Morgan fingerprint density at radius 3 is 2.71 bits per heavy atom. The molecule has 7 nitrogen and oxygen atoms in total. The number of nitrogens with zero attached hydrogens (tertiary/aromatic N) is 1. The van der Waals surface area contributed by atoms with Gasteiger partial charge in [0.25, 0.3) is 5.91 Å². The molecule has 10 heteroatoms. The minimum Gasteiger partial charge on any atom is -0.454 e. The molecule has 1 aromatic carbocycles. The van der Waals surface area contributed by atoms with Gasteiger partial charge in [-0.25, -0.2) is 4.79 Å². The van der Waals surface area contributed by atoms with Crippen LogP contribution in [0.4, 0.5) is 23.7 Å². The standard InChI is InChI=1S/C14H14F3N3O4/c15-14(16,17)9-2-1-3-10(6-9)19-7-12(22)24-8-11(21)20-5-4-18-13(20)23/h1-3,6,19H,4-5,7-8H2,(H,18,23). The number of benzene rings is 1. The van der Waals surface area contributed by atoms with Crippen molar-refractivity contribution in [3.8, 4) is 0 Å². The van der Waals surface area contributed by atoms with Crippen LogP contribution in [0.2, 0.25) is 0 Å². The van der Waals surface area contributed by atoms with E-state index in [1.165, 1.54) is 12.1 Å². The van der Waals surface area contributed by atoms with Crippen molar-refractivity contribution in [3.05, 3.63) is 29.8 Å². The highest BCUT2D eigenvalue weighted by Crippen LogP contribution is 2.30. The summed E-state index contributed by atoms with van der Waals surface area (Å²) in [6.45, 7) is -0.509. The largest absolute Gasteiger partial charge is 0.454 e. The molecule has 1 aliphatic heterocycles. The molecule has 24 heavy (non-hydrogen) atoms. The molecule has 0 atom stereocenters. The molecule has 0 aliphatic carbocycles. The van der Waals surface area contributed by atoms with E-state index in [0.29, 0.717) is 6.54 Å². The molecule has 0 bridgehead atoms. The van der Waals surface area contributed by atoms with Crippen molar-refractivity contribution in [1.82, 2.24) is 10.2 Å². The molecule has 0 saturated carbocycles. The predicted octanol–water partition coefficient (Wildman–Crippen LogP) is 1.21. The fourth-order valence-corrected chi connectivity index (χ4v) is 1.96. The van der Waals surface area contributed by atoms with Gasteiger partial charge in [0, 0.05) is 18.8 Å². The lowest BCUT2D eigenvalue weighted by Crippen LogP contribution is -2.37. The highest BCUT2D eigenvalue weighted by Gasteiger charge is 2.30. The average molecular weight is 345 g/mol. The smallest absolute Gasteiger partial charge is 0.416 e. The van der Waals surface area contributed by atoms with Gasteiger partial charge in [-0.05, 0) is 18.2 Å². The van der Waals surface area contributed by atoms with Crippen LogP contribution in [0.25, 0.3) is 0 Å². The van der Waals surface area contributed by atoms with Crippen LogP contribution in [-0.2, 0) is 20.5 Å². The summed E-state index contributed by atoms with van der Waals surface area (Å²) in [5.74, 6) is -1.50. The van der Waals surface area contributed by atoms with Gasteiger partial charge in [0.1, 0.15) is 6.54 Å². The Morgan fingerprint density at radius 2 is 2.08 bits per heavy atom. The monoisotopic (exact) mass is 345 g/mol. The first-order valence-electron chi connectivity index (χ1n) is 6.92. The number of urea groups is 1. The molecule has 1 saturated heterocycles. The normalized spacial score (nSPS) is 14.3. The van der Waals surface area contributed by atoms with Crippen LogP contribution in [0.3, 0.4) is 0 Å². The Balaban J connectivity index is 1.79. The molecular formula is C14H14F3N3O4. The van der Waals surface area contributed by atoms with Crippen LogP contribution in [-0.4, -0.2) is 49.0 Å². The maximum atomic E-state index is 12.6. The van der Waals surface area contributed by atoms with Crippen LogP contribution in [0.15, 0.2) is 24.3 Å². The van der Waals surface area contributed by atoms with E-state index in [1.807, 2.05) is 0 Å². The van der Waals surface area contributed by atoms with E-state index in [0.717, 1.165) is 17.0 Å². The molecule has 2 rings (SSSR count). The molecule has 1 heterocycles. The zero-order valence-corrected chi connectivity index (χ0v) is 12.4. The number of carbonyl (C=O) groups excluding carboxylic acids is 3. The van der Waals surface area contributed by atoms with Gasteiger partial charge in [0.15, 0.2) is 6.61 Å². The van der Waals surface area contributed by atoms with E-state index < -0.39 is 42.8 Å². The Hall–Kier alpha value is -2.78. The summed E-state index contributed by atoms with van der Waals surface area (Å²) in [6.07, 6.45) is -4.49. The summed E-state index contributed by atoms with van der Waals surface area (Å²) in [6, 6.07) is 3.77. The van der Waals surface area contributed by atoms with E-state index in [2.05, 4.69) is 15.4 Å². The maximum absolute atomic E-state index is 12.6. The van der Waals surface area contributed by atoms with Crippen molar-refractivity contribution in [2.24, 2.45) is 0 Å². The summed E-state index contributed by atoms with van der Waals surface area (Å²) in [5.41, 5.74) is -0.761. The summed E-state index contributed by atoms with van der Waals surface area (Å²) in [7, 11) is 0. The van der Waals surface area contributed by atoms with Gasteiger partial charge < -0.3 is 15.4 Å². The minimum atomic E-state index is -4.49. The second kappa shape index (κ2) is 7.20. The Bertz CT molecular complexity index is 648. The first kappa shape index (κ1) is 17.6. The molecule has 1 fully saturated rings. The van der Waals surface area contributed by atoms with Gasteiger partial charge in [-0.2, -0.15) is 13.2 Å². The Morgan fingerprint density at radius 1 is 1.33 bits per heavy atom. The van der Waals surface area contributed by atoms with E-state index in [4.69, 9.17) is 0 Å². The van der Waals surface area contributed by atoms with E-state index in [1.54, 1.807) is 0 Å². The molecule has 0 unspecified atom stereocenters. The Labute approximate surface area is 134 Å². The SMILES string of the molecule is O=C(CNc1cccc(C(F)(F)F)c1)OCC(=O)N1CCNC1=O. The van der Waals surface area contributed by atoms with Gasteiger partial charge in [-0.3, -0.25) is 14.5 Å². The minimum absolute atomic E-state index is 0.0898. The van der Waals surface area contributed by atoms with Gasteiger partial charge in [0.2, 0.25) is 0 Å². The summed E-state index contributed by atoms with van der Waals surface area (Å²) >= 11 is 0. The first-order chi connectivity index (χ1) is 11.3. The summed E-state index contributed by atoms with van der Waals surface area (Å²) in [4.78, 5) is 35.3. The lowest BCUT2D eigenvalue weighted by molar-refractivity contribution is -0.149. The van der Waals surface area contributed by atoms with Crippen molar-refractivity contribution < 1.29 is 32.3 Å². The van der Waals surface area contributed by atoms with E-state index in [-0.39, 0.29) is 12.2 Å². The number of hydrogen-bond acceptors (Lipinski definition) is 5. The van der Waals surface area contributed by atoms with Crippen LogP contribution in [0.1, 0.15) is 5.56 Å². The van der Waals surface area contributed by atoms with Crippen molar-refractivity contribution in [3.63, 3.8) is 0 Å². The van der Waals surface area contributed by atoms with Gasteiger partial charge >= 0.3 is 18.2 Å². The van der Waals surface area contributed by atoms with Crippen LogP contribution >= 0.6 is 0 Å². The number of rotatable bonds is 5. The highest BCUT2D eigenvalue weighted by atomic mass is 19.4. The van der Waals surface area contributed by atoms with Crippen LogP contribution in [0, 0.1) is 0 Å². The van der Waals surface area contributed by atoms with Crippen molar-refractivity contribution in [1.29, 1.82) is 0 Å². The lowest BCUT2D eigenvalue weighted by atomic mass is 10.2. The van der Waals surface area contributed by atoms with Gasteiger partial charge in [0.05, 0.1) is 5.56 Å². The number of carbonyl (C=O) groups is 3. The second-order valence-corrected chi connectivity index (χ2v) is 4.87. The number of imide groups is 1. The van der Waals surface area contributed by atoms with Crippen molar-refractivity contribution >= 4 is 23.6 Å². The van der Waals surface area contributed by atoms with E-state index >= 15 is 0 Å². The van der Waals surface area contributed by atoms with Crippen molar-refractivity contribution in [2.75, 3.05) is 31.6 Å². The van der Waals surface area contributed by atoms with Crippen molar-refractivity contribution in [2.45, 2.75) is 6.18 Å². The highest BCUT2D eigenvalue weighted by molar-refractivity contribution is 5.97. The zero-order valence-electron chi connectivity index (χ0n) is 12.4. The third-order valence-electron chi connectivity index (χ3n) is 3.14. The predicted molar refractivity (Wildman–Crippen MR) is 76.0 cm³/mol. The molecule has 3 amide bonds. The maximum Gasteiger partial charge on any atom is 0.416 e. The molecule has 0 spiro atoms. The number of anilines is 1. The number of nitrogens with one attached hydrogen (secondary N) is 2. The number of alkyl halides is 3. The number of halogens is 3. The third-order valence-corrected chi connectivity index (χ3v) is 3.14. The first-order valence-corrected chi connectivity index (χ1v) is 6.92. The fourth-order valence-electron chi connectivity index (χ4n) is 1.96. The molecule has 1 aromatic rings. The topological polar surface area (TPSA) is 87.7 Å². The summed E-state index contributed by atoms with van der Waals surface area (Å²) in [5, 5.41) is 4.90. The average Bonchev–Trinajstić information content (AvgIpc) is 2.96. The molecule has 2 N–H and O–H groups in total. The molecule has 1 aliphatic rings. The van der Waals surface area contributed by atoms with Crippen LogP contribution < -0.4 is 10.6 Å². The number of ether oxygens (including phenoxy) is 1. The lowest BCUT2D eigenvalue weighted by Gasteiger charge is -2.13. The number of esters is 1. The third kappa shape index (κ3) is 4.61. The number of amides is 3. The van der Waals surface area contributed by atoms with E-state index in [9.17, 15) is 27.6 Å². The second-order valence-electron chi connectivity index (χ2n) is 4.87. The number of hydrogen-bond donors (Lipinski definition) is 2. The molecule has 0 aromatic heterocycles. The Kier molecular flexibility index (Phi) is 5.27.